The lowest BCUT2D eigenvalue weighted by Crippen LogP contribution is -2.11. The van der Waals surface area contributed by atoms with Crippen LogP contribution in [-0.2, 0) is 0 Å². The van der Waals surface area contributed by atoms with Crippen LogP contribution >= 0.6 is 0 Å². The third kappa shape index (κ3) is 5.28. The number of benzene rings is 9. The van der Waals surface area contributed by atoms with Gasteiger partial charge in [0.2, 0.25) is 0 Å². The zero-order valence-corrected chi connectivity index (χ0v) is 29.8. The van der Waals surface area contributed by atoms with Gasteiger partial charge in [-0.1, -0.05) is 140 Å². The molecule has 11 rings (SSSR count). The molecule has 0 aliphatic rings. The molecule has 2 aromatic heterocycles. The number of nitrogens with zero attached hydrogens (tertiary/aromatic N) is 1. The Hall–Kier alpha value is -7.36. The van der Waals surface area contributed by atoms with Gasteiger partial charge in [0.1, 0.15) is 22.3 Å². The molecule has 0 N–H and O–H groups in total. The first kappa shape index (κ1) is 31.2. The minimum Gasteiger partial charge on any atom is -0.456 e. The quantitative estimate of drug-likeness (QED) is 0.173. The number of rotatable bonds is 6. The second kappa shape index (κ2) is 12.6. The van der Waals surface area contributed by atoms with Crippen LogP contribution < -0.4 is 4.90 Å². The molecule has 0 bridgehead atoms. The predicted molar refractivity (Wildman–Crippen MR) is 229 cm³/mol. The lowest BCUT2D eigenvalue weighted by Gasteiger charge is -2.28. The number of anilines is 3. The van der Waals surface area contributed by atoms with E-state index in [-0.39, 0.29) is 0 Å². The molecule has 258 valence electrons. The zero-order valence-electron chi connectivity index (χ0n) is 29.8. The van der Waals surface area contributed by atoms with Gasteiger partial charge in [-0.05, 0) is 99.3 Å². The van der Waals surface area contributed by atoms with Crippen molar-refractivity contribution < 1.29 is 8.83 Å². The van der Waals surface area contributed by atoms with Gasteiger partial charge >= 0.3 is 0 Å². The maximum atomic E-state index is 6.27. The molecule has 2 heterocycles. The molecule has 0 atom stereocenters. The smallest absolute Gasteiger partial charge is 0.135 e. The molecule has 0 aliphatic carbocycles. The maximum Gasteiger partial charge on any atom is 0.135 e. The topological polar surface area (TPSA) is 29.5 Å². The standard InChI is InChI=1S/C52H33NO2/c1-2-15-41-35(11-1)12-10-19-42(41)36-25-23-34(24-26-36)37-13-9-14-39(31-37)53(40-28-30-52-47(33-40)45-18-5-8-22-50(45)55-52)48-20-6-3-16-43(48)38-27-29-51-46(32-38)44-17-4-7-21-49(44)54-51/h1-33H. The SMILES string of the molecule is c1cc(-c2ccc(-c3cccc4ccccc34)cc2)cc(N(c2ccc3oc4ccccc4c3c2)c2ccccc2-c2ccc3oc4ccccc4c3c2)c1. The monoisotopic (exact) mass is 703 g/mol. The largest absolute Gasteiger partial charge is 0.456 e. The summed E-state index contributed by atoms with van der Waals surface area (Å²) in [5.41, 5.74) is 13.7. The van der Waals surface area contributed by atoms with Crippen molar-refractivity contribution in [1.29, 1.82) is 0 Å². The second-order valence-corrected chi connectivity index (χ2v) is 14.1. The van der Waals surface area contributed by atoms with Crippen molar-refractivity contribution in [3.63, 3.8) is 0 Å². The van der Waals surface area contributed by atoms with Crippen LogP contribution in [0.25, 0.3) is 88.0 Å². The summed E-state index contributed by atoms with van der Waals surface area (Å²) >= 11 is 0. The van der Waals surface area contributed by atoms with Crippen molar-refractivity contribution in [2.75, 3.05) is 4.90 Å². The van der Waals surface area contributed by atoms with Crippen LogP contribution in [-0.4, -0.2) is 0 Å². The molecular weight excluding hydrogens is 671 g/mol. The molecule has 0 unspecified atom stereocenters. The summed E-state index contributed by atoms with van der Waals surface area (Å²) in [6.45, 7) is 0. The van der Waals surface area contributed by atoms with Crippen molar-refractivity contribution in [3.8, 4) is 33.4 Å². The summed E-state index contributed by atoms with van der Waals surface area (Å²) in [6.07, 6.45) is 0. The van der Waals surface area contributed by atoms with Gasteiger partial charge in [0.05, 0.1) is 5.69 Å². The Balaban J connectivity index is 1.07. The van der Waals surface area contributed by atoms with Crippen molar-refractivity contribution in [2.45, 2.75) is 0 Å². The minimum atomic E-state index is 0.871. The second-order valence-electron chi connectivity index (χ2n) is 14.1. The molecule has 11 aromatic rings. The molecule has 0 radical (unpaired) electrons. The summed E-state index contributed by atoms with van der Waals surface area (Å²) < 4.78 is 12.5. The third-order valence-corrected chi connectivity index (χ3v) is 10.9. The number of hydrogen-bond donors (Lipinski definition) is 0. The van der Waals surface area contributed by atoms with E-state index >= 15 is 0 Å². The first-order chi connectivity index (χ1) is 27.2. The fourth-order valence-electron chi connectivity index (χ4n) is 8.23. The Morgan fingerprint density at radius 1 is 0.291 bits per heavy atom. The van der Waals surface area contributed by atoms with Gasteiger partial charge in [-0.15, -0.1) is 0 Å². The van der Waals surface area contributed by atoms with E-state index in [1.165, 1.54) is 21.9 Å². The van der Waals surface area contributed by atoms with Gasteiger partial charge in [0.15, 0.2) is 0 Å². The molecular formula is C52H33NO2. The van der Waals surface area contributed by atoms with Crippen LogP contribution in [0.4, 0.5) is 17.1 Å². The predicted octanol–water partition coefficient (Wildman–Crippen LogP) is 15.1. The summed E-state index contributed by atoms with van der Waals surface area (Å²) in [5, 5.41) is 6.92. The van der Waals surface area contributed by atoms with Crippen molar-refractivity contribution in [2.24, 2.45) is 0 Å². The van der Waals surface area contributed by atoms with Gasteiger partial charge in [-0.2, -0.15) is 0 Å². The van der Waals surface area contributed by atoms with Gasteiger partial charge in [-0.25, -0.2) is 0 Å². The first-order valence-corrected chi connectivity index (χ1v) is 18.7. The average molecular weight is 704 g/mol. The number of fused-ring (bicyclic) bond motifs is 7. The Kier molecular flexibility index (Phi) is 7.17. The highest BCUT2D eigenvalue weighted by atomic mass is 16.3. The van der Waals surface area contributed by atoms with Crippen LogP contribution in [0.15, 0.2) is 209 Å². The summed E-state index contributed by atoms with van der Waals surface area (Å²) in [5.74, 6) is 0. The van der Waals surface area contributed by atoms with E-state index < -0.39 is 0 Å². The number of hydrogen-bond acceptors (Lipinski definition) is 3. The van der Waals surface area contributed by atoms with Crippen LogP contribution in [0.5, 0.6) is 0 Å². The molecule has 0 amide bonds. The molecule has 9 aromatic carbocycles. The number of para-hydroxylation sites is 3. The van der Waals surface area contributed by atoms with Gasteiger partial charge < -0.3 is 13.7 Å². The van der Waals surface area contributed by atoms with Crippen LogP contribution in [0.1, 0.15) is 0 Å². The molecule has 3 nitrogen and oxygen atoms in total. The minimum absolute atomic E-state index is 0.871. The Morgan fingerprint density at radius 2 is 0.836 bits per heavy atom. The third-order valence-electron chi connectivity index (χ3n) is 10.9. The molecule has 0 aliphatic heterocycles. The molecule has 55 heavy (non-hydrogen) atoms. The van der Waals surface area contributed by atoms with Crippen LogP contribution in [0.3, 0.4) is 0 Å². The van der Waals surface area contributed by atoms with E-state index in [0.29, 0.717) is 0 Å². The Labute approximate surface area is 317 Å². The fourth-order valence-corrected chi connectivity index (χ4v) is 8.23. The lowest BCUT2D eigenvalue weighted by molar-refractivity contribution is 0.668. The first-order valence-electron chi connectivity index (χ1n) is 18.7. The Morgan fingerprint density at radius 3 is 1.64 bits per heavy atom. The fraction of sp³-hybridized carbons (Fsp3) is 0. The van der Waals surface area contributed by atoms with Gasteiger partial charge in [-0.3, -0.25) is 0 Å². The van der Waals surface area contributed by atoms with Crippen molar-refractivity contribution in [3.05, 3.63) is 200 Å². The highest BCUT2D eigenvalue weighted by molar-refractivity contribution is 6.08. The van der Waals surface area contributed by atoms with Gasteiger partial charge in [0.25, 0.3) is 0 Å². The Bertz CT molecular complexity index is 3220. The van der Waals surface area contributed by atoms with Crippen LogP contribution in [0.2, 0.25) is 0 Å². The van der Waals surface area contributed by atoms with Crippen molar-refractivity contribution in [1.82, 2.24) is 0 Å². The van der Waals surface area contributed by atoms with E-state index in [1.807, 2.05) is 24.3 Å². The van der Waals surface area contributed by atoms with E-state index in [1.54, 1.807) is 0 Å². The van der Waals surface area contributed by atoms with E-state index in [9.17, 15) is 0 Å². The summed E-state index contributed by atoms with van der Waals surface area (Å²) in [7, 11) is 0. The van der Waals surface area contributed by atoms with E-state index in [0.717, 1.165) is 83.2 Å². The maximum absolute atomic E-state index is 6.27. The van der Waals surface area contributed by atoms with E-state index in [4.69, 9.17) is 8.83 Å². The highest BCUT2D eigenvalue weighted by Gasteiger charge is 2.20. The average Bonchev–Trinajstić information content (AvgIpc) is 3.82. The molecule has 0 fully saturated rings. The van der Waals surface area contributed by atoms with Gasteiger partial charge in [0, 0.05) is 38.5 Å². The van der Waals surface area contributed by atoms with Crippen molar-refractivity contribution >= 4 is 71.7 Å². The lowest BCUT2D eigenvalue weighted by atomic mass is 9.96. The highest BCUT2D eigenvalue weighted by Crippen LogP contribution is 2.44. The zero-order chi connectivity index (χ0) is 36.3. The summed E-state index contributed by atoms with van der Waals surface area (Å²) in [4.78, 5) is 2.38. The normalized spacial score (nSPS) is 11.6. The van der Waals surface area contributed by atoms with E-state index in [2.05, 4.69) is 181 Å². The number of furan rings is 2. The molecule has 0 saturated carbocycles. The van der Waals surface area contributed by atoms with Crippen LogP contribution in [0, 0.1) is 0 Å². The molecule has 3 heteroatoms. The molecule has 0 spiro atoms. The summed E-state index contributed by atoms with van der Waals surface area (Å²) in [6, 6.07) is 71.2. The molecule has 0 saturated heterocycles.